The van der Waals surface area contributed by atoms with Gasteiger partial charge in [0, 0.05) is 24.0 Å². The van der Waals surface area contributed by atoms with Crippen molar-refractivity contribution in [2.24, 2.45) is 0 Å². The van der Waals surface area contributed by atoms with Gasteiger partial charge in [-0.2, -0.15) is 0 Å². The van der Waals surface area contributed by atoms with Gasteiger partial charge in [0.1, 0.15) is 11.9 Å². The van der Waals surface area contributed by atoms with Crippen LogP contribution in [-0.4, -0.2) is 25.0 Å². The maximum atomic E-state index is 6.15. The zero-order valence-corrected chi connectivity index (χ0v) is 13.4. The molecule has 3 rings (SSSR count). The third-order valence-corrected chi connectivity index (χ3v) is 5.27. The van der Waals surface area contributed by atoms with Crippen molar-refractivity contribution in [2.45, 2.75) is 12.5 Å². The first-order valence-corrected chi connectivity index (χ1v) is 8.13. The van der Waals surface area contributed by atoms with Gasteiger partial charge in [0.05, 0.1) is 10.0 Å². The average Bonchev–Trinajstić information content (AvgIpc) is 2.83. The number of thiophene rings is 1. The van der Waals surface area contributed by atoms with E-state index in [1.54, 1.807) is 23.5 Å². The molecule has 1 aliphatic rings. The Labute approximate surface area is 132 Å². The van der Waals surface area contributed by atoms with Crippen molar-refractivity contribution in [3.63, 3.8) is 0 Å². The first-order valence-electron chi connectivity index (χ1n) is 6.50. The number of benzene rings is 1. The van der Waals surface area contributed by atoms with Crippen molar-refractivity contribution in [1.29, 1.82) is 0 Å². The molecule has 0 saturated heterocycles. The summed E-state index contributed by atoms with van der Waals surface area (Å²) in [6, 6.07) is 7.62. The highest BCUT2D eigenvalue weighted by Crippen LogP contribution is 2.34. The van der Waals surface area contributed by atoms with Crippen molar-refractivity contribution in [3.05, 3.63) is 50.1 Å². The van der Waals surface area contributed by atoms with Crippen molar-refractivity contribution in [2.75, 3.05) is 20.1 Å². The van der Waals surface area contributed by atoms with Gasteiger partial charge < -0.3 is 9.64 Å². The van der Waals surface area contributed by atoms with E-state index in [0.29, 0.717) is 10.0 Å². The molecule has 1 aromatic heterocycles. The number of ether oxygens (including phenoxy) is 1. The molecule has 0 fully saturated rings. The van der Waals surface area contributed by atoms with E-state index in [9.17, 15) is 0 Å². The molecule has 0 aliphatic carbocycles. The number of nitrogens with zero attached hydrogens (tertiary/aromatic N) is 1. The predicted molar refractivity (Wildman–Crippen MR) is 85.4 cm³/mol. The molecule has 0 amide bonds. The number of likely N-dealkylation sites (N-methyl/N-ethyl adjacent to an activating group) is 1. The fourth-order valence-electron chi connectivity index (χ4n) is 2.41. The first kappa shape index (κ1) is 14.2. The van der Waals surface area contributed by atoms with E-state index < -0.39 is 0 Å². The number of hydrogen-bond acceptors (Lipinski definition) is 3. The molecule has 2 heterocycles. The molecule has 1 aromatic carbocycles. The van der Waals surface area contributed by atoms with Crippen molar-refractivity contribution >= 4 is 34.5 Å². The molecule has 1 aliphatic heterocycles. The Bertz CT molecular complexity index is 614. The van der Waals surface area contributed by atoms with Crippen LogP contribution in [0.5, 0.6) is 5.75 Å². The summed E-state index contributed by atoms with van der Waals surface area (Å²) in [5.74, 6) is 0.763. The van der Waals surface area contributed by atoms with Gasteiger partial charge in [-0.1, -0.05) is 23.2 Å². The van der Waals surface area contributed by atoms with Crippen molar-refractivity contribution < 1.29 is 4.74 Å². The van der Waals surface area contributed by atoms with Crippen LogP contribution in [0.25, 0.3) is 0 Å². The Hall–Kier alpha value is -0.740. The van der Waals surface area contributed by atoms with Crippen LogP contribution in [0.3, 0.4) is 0 Å². The van der Waals surface area contributed by atoms with Crippen LogP contribution in [-0.2, 0) is 6.42 Å². The molecule has 0 radical (unpaired) electrons. The second-order valence-corrected chi connectivity index (χ2v) is 6.77. The van der Waals surface area contributed by atoms with Crippen molar-refractivity contribution in [3.8, 4) is 5.75 Å². The van der Waals surface area contributed by atoms with Crippen molar-refractivity contribution in [1.82, 2.24) is 4.90 Å². The topological polar surface area (TPSA) is 12.5 Å². The lowest BCUT2D eigenvalue weighted by Gasteiger charge is -2.22. The summed E-state index contributed by atoms with van der Waals surface area (Å²) in [5.41, 5.74) is 1.39. The summed E-state index contributed by atoms with van der Waals surface area (Å²) < 4.78 is 6.15. The molecular formula is C15H15Cl2NOS. The Kier molecular flexibility index (Phi) is 4.22. The summed E-state index contributed by atoms with van der Waals surface area (Å²) >= 11 is 13.8. The molecular weight excluding hydrogens is 313 g/mol. The highest BCUT2D eigenvalue weighted by Gasteiger charge is 2.24. The van der Waals surface area contributed by atoms with E-state index in [0.717, 1.165) is 25.3 Å². The lowest BCUT2D eigenvalue weighted by molar-refractivity contribution is 0.159. The van der Waals surface area contributed by atoms with E-state index in [4.69, 9.17) is 27.9 Å². The fourth-order valence-corrected chi connectivity index (χ4v) is 3.67. The molecule has 0 N–H and O–H groups in total. The van der Waals surface area contributed by atoms with Gasteiger partial charge in [-0.05, 0) is 42.6 Å². The maximum Gasteiger partial charge on any atom is 0.146 e. The molecule has 5 heteroatoms. The maximum absolute atomic E-state index is 6.15. The Morgan fingerprint density at radius 1 is 1.25 bits per heavy atom. The number of fused-ring (bicyclic) bond motifs is 1. The van der Waals surface area contributed by atoms with Crippen LogP contribution in [0.15, 0.2) is 29.6 Å². The largest absolute Gasteiger partial charge is 0.483 e. The van der Waals surface area contributed by atoms with Gasteiger partial charge in [0.15, 0.2) is 0 Å². The third-order valence-electron chi connectivity index (χ3n) is 3.48. The van der Waals surface area contributed by atoms with Crippen LogP contribution in [0, 0.1) is 0 Å². The second kappa shape index (κ2) is 5.94. The molecule has 20 heavy (non-hydrogen) atoms. The van der Waals surface area contributed by atoms with Crippen LogP contribution in [0.1, 0.15) is 16.5 Å². The smallest absolute Gasteiger partial charge is 0.146 e. The van der Waals surface area contributed by atoms with Gasteiger partial charge in [0.2, 0.25) is 0 Å². The zero-order valence-electron chi connectivity index (χ0n) is 11.1. The molecule has 2 nitrogen and oxygen atoms in total. The normalized spacial score (nSPS) is 19.4. The lowest BCUT2D eigenvalue weighted by Crippen LogP contribution is -2.26. The Morgan fingerprint density at radius 2 is 2.10 bits per heavy atom. The SMILES string of the molecule is CN1CCc2ccsc2C(Oc2ccc(Cl)c(Cl)c2)C1. The third kappa shape index (κ3) is 2.96. The monoisotopic (exact) mass is 327 g/mol. The number of rotatable bonds is 2. The molecule has 2 aromatic rings. The second-order valence-electron chi connectivity index (χ2n) is 5.00. The van der Waals surface area contributed by atoms with Crippen LogP contribution in [0.2, 0.25) is 10.0 Å². The molecule has 0 spiro atoms. The van der Waals surface area contributed by atoms with Gasteiger partial charge in [-0.15, -0.1) is 11.3 Å². The quantitative estimate of drug-likeness (QED) is 0.795. The van der Waals surface area contributed by atoms with Gasteiger partial charge in [0.25, 0.3) is 0 Å². The molecule has 106 valence electrons. The standard InChI is InChI=1S/C15H15Cl2NOS/c1-18-6-4-10-5-7-20-15(10)14(9-18)19-11-2-3-12(16)13(17)8-11/h2-3,5,7-8,14H,4,6,9H2,1H3. The summed E-state index contributed by atoms with van der Waals surface area (Å²) in [6.07, 6.45) is 1.13. The van der Waals surface area contributed by atoms with Gasteiger partial charge in [-0.25, -0.2) is 0 Å². The minimum atomic E-state index is 0.0507. The van der Waals surface area contributed by atoms with Gasteiger partial charge >= 0.3 is 0 Å². The number of halogens is 2. The summed E-state index contributed by atoms with van der Waals surface area (Å²) in [5, 5.41) is 3.22. The lowest BCUT2D eigenvalue weighted by atomic mass is 10.1. The Morgan fingerprint density at radius 3 is 2.90 bits per heavy atom. The molecule has 1 atom stereocenters. The molecule has 1 unspecified atom stereocenters. The van der Waals surface area contributed by atoms with Crippen LogP contribution >= 0.6 is 34.5 Å². The minimum Gasteiger partial charge on any atom is -0.483 e. The summed E-state index contributed by atoms with van der Waals surface area (Å²) in [6.45, 7) is 1.94. The van der Waals surface area contributed by atoms with Crippen LogP contribution < -0.4 is 4.74 Å². The zero-order chi connectivity index (χ0) is 14.1. The minimum absolute atomic E-state index is 0.0507. The summed E-state index contributed by atoms with van der Waals surface area (Å²) in [4.78, 5) is 3.62. The van der Waals surface area contributed by atoms with Gasteiger partial charge in [-0.3, -0.25) is 0 Å². The Balaban J connectivity index is 1.87. The summed E-state index contributed by atoms with van der Waals surface area (Å²) in [7, 11) is 2.13. The molecule has 0 saturated carbocycles. The number of hydrogen-bond donors (Lipinski definition) is 0. The van der Waals surface area contributed by atoms with E-state index in [-0.39, 0.29) is 6.10 Å². The van der Waals surface area contributed by atoms with E-state index >= 15 is 0 Å². The highest BCUT2D eigenvalue weighted by atomic mass is 35.5. The fraction of sp³-hybridized carbons (Fsp3) is 0.333. The molecule has 0 bridgehead atoms. The highest BCUT2D eigenvalue weighted by molar-refractivity contribution is 7.10. The van der Waals surface area contributed by atoms with Crippen LogP contribution in [0.4, 0.5) is 0 Å². The first-order chi connectivity index (χ1) is 9.63. The van der Waals surface area contributed by atoms with E-state index in [2.05, 4.69) is 23.4 Å². The predicted octanol–water partition coefficient (Wildman–Crippen LogP) is 4.66. The van der Waals surface area contributed by atoms with E-state index in [1.165, 1.54) is 10.4 Å². The van der Waals surface area contributed by atoms with E-state index in [1.807, 2.05) is 6.07 Å². The average molecular weight is 328 g/mol.